The maximum atomic E-state index is 13.2. The number of hydrogen-bond donors (Lipinski definition) is 4. The lowest BCUT2D eigenvalue weighted by atomic mass is 9.85. The Morgan fingerprint density at radius 3 is 2.34 bits per heavy atom. The predicted molar refractivity (Wildman–Crippen MR) is 113 cm³/mol. The molecule has 0 bridgehead atoms. The fourth-order valence-corrected chi connectivity index (χ4v) is 2.74. The summed E-state index contributed by atoms with van der Waals surface area (Å²) in [6.07, 6.45) is 0.691. The average molecular weight is 407 g/mol. The maximum absolute atomic E-state index is 13.2. The van der Waals surface area contributed by atoms with E-state index in [0.717, 1.165) is 5.56 Å². The van der Waals surface area contributed by atoms with Crippen molar-refractivity contribution in [1.29, 1.82) is 0 Å². The lowest BCUT2D eigenvalue weighted by Gasteiger charge is -2.35. The summed E-state index contributed by atoms with van der Waals surface area (Å²) < 4.78 is 0. The second-order valence-corrected chi connectivity index (χ2v) is 8.74. The first kappa shape index (κ1) is 24.4. The molecule has 0 aliphatic rings. The summed E-state index contributed by atoms with van der Waals surface area (Å²) in [6.45, 7) is 11.5. The van der Waals surface area contributed by atoms with Crippen LogP contribution in [0.25, 0.3) is 0 Å². The Morgan fingerprint density at radius 2 is 1.83 bits per heavy atom. The second-order valence-electron chi connectivity index (χ2n) is 8.74. The van der Waals surface area contributed by atoms with E-state index in [9.17, 15) is 14.4 Å². The van der Waals surface area contributed by atoms with Gasteiger partial charge in [0.1, 0.15) is 12.6 Å². The van der Waals surface area contributed by atoms with Gasteiger partial charge in [-0.3, -0.25) is 14.8 Å². The van der Waals surface area contributed by atoms with Crippen LogP contribution in [0.15, 0.2) is 24.3 Å². The molecule has 1 aromatic rings. The number of anilines is 1. The number of carbonyl (C=O) groups excluding carboxylic acids is 3. The zero-order chi connectivity index (χ0) is 22.2. The summed E-state index contributed by atoms with van der Waals surface area (Å²) in [5.41, 5.74) is 2.60. The molecule has 0 fully saturated rings. The molecule has 0 radical (unpaired) electrons. The first-order chi connectivity index (χ1) is 13.4. The van der Waals surface area contributed by atoms with E-state index in [4.69, 9.17) is 5.21 Å². The fraction of sp³-hybridized carbons (Fsp3) is 0.571. The fourth-order valence-electron chi connectivity index (χ4n) is 2.74. The van der Waals surface area contributed by atoms with Crippen LogP contribution >= 0.6 is 0 Å². The van der Waals surface area contributed by atoms with E-state index in [-0.39, 0.29) is 12.5 Å². The largest absolute Gasteiger partial charge is 0.331 e. The van der Waals surface area contributed by atoms with Crippen molar-refractivity contribution >= 4 is 23.5 Å². The molecule has 1 rings (SSSR count). The molecule has 1 atom stereocenters. The van der Waals surface area contributed by atoms with Crippen LogP contribution in [0.4, 0.5) is 10.5 Å². The van der Waals surface area contributed by atoms with Crippen molar-refractivity contribution < 1.29 is 19.6 Å². The van der Waals surface area contributed by atoms with E-state index in [1.807, 2.05) is 59.7 Å². The Balaban J connectivity index is 2.98. The Morgan fingerprint density at radius 1 is 1.17 bits per heavy atom. The van der Waals surface area contributed by atoms with E-state index in [1.165, 1.54) is 4.90 Å². The number of aryl methyl sites for hydroxylation is 1. The molecule has 162 valence electrons. The quantitative estimate of drug-likeness (QED) is 0.393. The predicted octanol–water partition coefficient (Wildman–Crippen LogP) is 2.91. The zero-order valence-corrected chi connectivity index (χ0v) is 18.2. The summed E-state index contributed by atoms with van der Waals surface area (Å²) in [5, 5.41) is 14.3. The molecule has 8 heteroatoms. The molecular formula is C21H34N4O4. The highest BCUT2D eigenvalue weighted by molar-refractivity contribution is 5.95. The standard InChI is InChI=1S/C21H34N4O4/c1-14(2)10-11-25(13-17(26)24-29)19(27)18(21(4,5)6)23-20(28)22-16-9-7-8-15(3)12-16/h7-9,12,14,18,29H,10-11,13H2,1-6H3,(H,24,26)(H2,22,23,28)/t18-/m1/s1. The van der Waals surface area contributed by atoms with E-state index >= 15 is 0 Å². The van der Waals surface area contributed by atoms with Gasteiger partial charge in [0, 0.05) is 12.2 Å². The van der Waals surface area contributed by atoms with Gasteiger partial charge in [-0.15, -0.1) is 0 Å². The van der Waals surface area contributed by atoms with E-state index < -0.39 is 23.4 Å². The molecular weight excluding hydrogens is 372 g/mol. The molecule has 0 unspecified atom stereocenters. The summed E-state index contributed by atoms with van der Waals surface area (Å²) in [7, 11) is 0. The molecule has 4 N–H and O–H groups in total. The number of nitrogens with one attached hydrogen (secondary N) is 3. The van der Waals surface area contributed by atoms with Crippen LogP contribution in [0.3, 0.4) is 0 Å². The van der Waals surface area contributed by atoms with Crippen molar-refractivity contribution in [3.8, 4) is 0 Å². The number of amides is 4. The lowest BCUT2D eigenvalue weighted by molar-refractivity contribution is -0.142. The molecule has 29 heavy (non-hydrogen) atoms. The third-order valence-corrected chi connectivity index (χ3v) is 4.41. The number of hydroxylamine groups is 1. The van der Waals surface area contributed by atoms with Crippen LogP contribution < -0.4 is 16.1 Å². The first-order valence-corrected chi connectivity index (χ1v) is 9.80. The van der Waals surface area contributed by atoms with Crippen LogP contribution in [-0.2, 0) is 9.59 Å². The minimum atomic E-state index is -0.856. The molecule has 0 saturated heterocycles. The molecule has 0 spiro atoms. The van der Waals surface area contributed by atoms with Gasteiger partial charge in [0.15, 0.2) is 0 Å². The lowest BCUT2D eigenvalue weighted by Crippen LogP contribution is -2.57. The second kappa shape index (κ2) is 10.8. The van der Waals surface area contributed by atoms with Crippen LogP contribution in [0.5, 0.6) is 0 Å². The Labute approximate surface area is 173 Å². The Bertz CT molecular complexity index is 713. The number of nitrogens with zero attached hydrogens (tertiary/aromatic N) is 1. The number of carbonyl (C=O) groups is 3. The van der Waals surface area contributed by atoms with E-state index in [1.54, 1.807) is 11.5 Å². The highest BCUT2D eigenvalue weighted by Crippen LogP contribution is 2.22. The van der Waals surface area contributed by atoms with Crippen molar-refractivity contribution in [2.45, 2.75) is 54.0 Å². The van der Waals surface area contributed by atoms with Gasteiger partial charge in [-0.2, -0.15) is 0 Å². The molecule has 0 aliphatic carbocycles. The van der Waals surface area contributed by atoms with Crippen molar-refractivity contribution in [3.05, 3.63) is 29.8 Å². The molecule has 0 aromatic heterocycles. The molecule has 1 aromatic carbocycles. The highest BCUT2D eigenvalue weighted by atomic mass is 16.5. The smallest absolute Gasteiger partial charge is 0.319 e. The summed E-state index contributed by atoms with van der Waals surface area (Å²) in [5.74, 6) is -0.728. The zero-order valence-electron chi connectivity index (χ0n) is 18.2. The maximum Gasteiger partial charge on any atom is 0.319 e. The van der Waals surface area contributed by atoms with Gasteiger partial charge >= 0.3 is 6.03 Å². The van der Waals surface area contributed by atoms with Crippen molar-refractivity contribution in [3.63, 3.8) is 0 Å². The molecule has 4 amide bonds. The van der Waals surface area contributed by atoms with Crippen LogP contribution in [0.1, 0.15) is 46.6 Å². The van der Waals surface area contributed by atoms with Gasteiger partial charge in [-0.25, -0.2) is 10.3 Å². The highest BCUT2D eigenvalue weighted by Gasteiger charge is 2.36. The van der Waals surface area contributed by atoms with E-state index in [2.05, 4.69) is 10.6 Å². The SMILES string of the molecule is Cc1cccc(NC(=O)N[C@H](C(=O)N(CCC(C)C)CC(=O)NO)C(C)(C)C)c1. The van der Waals surface area contributed by atoms with Crippen molar-refractivity contribution in [2.75, 3.05) is 18.4 Å². The Kier molecular flexibility index (Phi) is 9.10. The molecule has 8 nitrogen and oxygen atoms in total. The normalized spacial score (nSPS) is 12.3. The van der Waals surface area contributed by atoms with E-state index in [0.29, 0.717) is 24.6 Å². The topological polar surface area (TPSA) is 111 Å². The summed E-state index contributed by atoms with van der Waals surface area (Å²) in [6, 6.07) is 5.99. The third-order valence-electron chi connectivity index (χ3n) is 4.41. The van der Waals surface area contributed by atoms with Crippen LogP contribution in [0, 0.1) is 18.3 Å². The first-order valence-electron chi connectivity index (χ1n) is 9.80. The third kappa shape index (κ3) is 8.51. The summed E-state index contributed by atoms with van der Waals surface area (Å²) >= 11 is 0. The summed E-state index contributed by atoms with van der Waals surface area (Å²) in [4.78, 5) is 38.8. The minimum absolute atomic E-state index is 0.282. The Hall–Kier alpha value is -2.61. The number of benzene rings is 1. The average Bonchev–Trinajstić information content (AvgIpc) is 2.61. The van der Waals surface area contributed by atoms with Crippen molar-refractivity contribution in [2.24, 2.45) is 11.3 Å². The minimum Gasteiger partial charge on any atom is -0.331 e. The van der Waals surface area contributed by atoms with Crippen LogP contribution in [-0.4, -0.2) is 47.1 Å². The van der Waals surface area contributed by atoms with Gasteiger partial charge < -0.3 is 15.5 Å². The van der Waals surface area contributed by atoms with Crippen LogP contribution in [0.2, 0.25) is 0 Å². The van der Waals surface area contributed by atoms with Gasteiger partial charge in [0.05, 0.1) is 0 Å². The van der Waals surface area contributed by atoms with Crippen molar-refractivity contribution in [1.82, 2.24) is 15.7 Å². The number of urea groups is 1. The number of rotatable bonds is 8. The van der Waals surface area contributed by atoms with Gasteiger partial charge in [-0.1, -0.05) is 46.8 Å². The van der Waals surface area contributed by atoms with Gasteiger partial charge in [-0.05, 0) is 42.4 Å². The van der Waals surface area contributed by atoms with Gasteiger partial charge in [0.2, 0.25) is 5.91 Å². The number of hydrogen-bond acceptors (Lipinski definition) is 4. The molecule has 0 aliphatic heterocycles. The van der Waals surface area contributed by atoms with Gasteiger partial charge in [0.25, 0.3) is 5.91 Å². The monoisotopic (exact) mass is 406 g/mol. The molecule has 0 heterocycles. The molecule has 0 saturated carbocycles.